The van der Waals surface area contributed by atoms with Crippen molar-refractivity contribution in [3.8, 4) is 22.5 Å². The summed E-state index contributed by atoms with van der Waals surface area (Å²) in [4.78, 5) is 42.0. The third-order valence-corrected chi connectivity index (χ3v) is 5.17. The van der Waals surface area contributed by atoms with Crippen LogP contribution in [0.15, 0.2) is 42.7 Å². The number of nitrogens with zero attached hydrogens (tertiary/aromatic N) is 3. The molecule has 2 heterocycles. The van der Waals surface area contributed by atoms with Gasteiger partial charge in [0.15, 0.2) is 0 Å². The molecule has 1 aromatic carbocycles. The summed E-state index contributed by atoms with van der Waals surface area (Å²) in [5.74, 6) is -7.33. The van der Waals surface area contributed by atoms with Crippen LogP contribution in [0, 0.1) is 13.8 Å². The van der Waals surface area contributed by atoms with Crippen LogP contribution < -0.4 is 11.5 Å². The number of anilines is 1. The number of carbonyl (C=O) groups excluding carboxylic acids is 1. The van der Waals surface area contributed by atoms with E-state index in [1.54, 1.807) is 25.3 Å². The van der Waals surface area contributed by atoms with Gasteiger partial charge in [0.1, 0.15) is 11.5 Å². The van der Waals surface area contributed by atoms with E-state index in [2.05, 4.69) is 15.0 Å². The van der Waals surface area contributed by atoms with Crippen LogP contribution in [-0.2, 0) is 20.0 Å². The maximum atomic E-state index is 13.4. The molecule has 0 radical (unpaired) electrons. The van der Waals surface area contributed by atoms with E-state index < -0.39 is 47.5 Å². The van der Waals surface area contributed by atoms with Gasteiger partial charge in [0, 0.05) is 28.6 Å². The highest BCUT2D eigenvalue weighted by molar-refractivity contribution is 5.86. The number of carboxylic acid groups (broad SMARTS) is 2. The lowest BCUT2D eigenvalue weighted by Crippen LogP contribution is -2.52. The average molecular weight is 645 g/mol. The van der Waals surface area contributed by atoms with Crippen molar-refractivity contribution in [1.82, 2.24) is 15.0 Å². The molecule has 0 aliphatic carbocycles. The summed E-state index contributed by atoms with van der Waals surface area (Å²) in [6.45, 7) is 3.45. The van der Waals surface area contributed by atoms with E-state index in [-0.39, 0.29) is 17.1 Å². The first-order chi connectivity index (χ1) is 19.8. The van der Waals surface area contributed by atoms with Crippen LogP contribution in [0.1, 0.15) is 16.8 Å². The summed E-state index contributed by atoms with van der Waals surface area (Å²) in [7, 11) is 0. The lowest BCUT2D eigenvalue weighted by Gasteiger charge is -2.28. The molecule has 240 valence electrons. The first-order valence-electron chi connectivity index (χ1n) is 11.2. The third-order valence-electron chi connectivity index (χ3n) is 5.17. The van der Waals surface area contributed by atoms with Gasteiger partial charge in [-0.2, -0.15) is 39.5 Å². The summed E-state index contributed by atoms with van der Waals surface area (Å²) < 4.78 is 104. The first-order valence-corrected chi connectivity index (χ1v) is 11.2. The molecule has 0 aliphatic rings. The van der Waals surface area contributed by atoms with Crippen molar-refractivity contribution in [3.05, 3.63) is 59.5 Å². The summed E-state index contributed by atoms with van der Waals surface area (Å²) in [5.41, 5.74) is 8.86. The number of hydrogen-bond donors (Lipinski definition) is 5. The average Bonchev–Trinajstić information content (AvgIpc) is 2.88. The minimum atomic E-state index is -5.31. The number of primary amides is 1. The van der Waals surface area contributed by atoms with Crippen molar-refractivity contribution < 1.29 is 69.2 Å². The van der Waals surface area contributed by atoms with Crippen LogP contribution >= 0.6 is 0 Å². The molecule has 2 aromatic heterocycles. The number of alkyl halides is 9. The smallest absolute Gasteiger partial charge is 0.475 e. The molecule has 3 rings (SSSR count). The SMILES string of the molecule is Cc1ccc(-c2nc(-c3cc(C(O)(C(N)=O)C(F)(F)F)ccc3C)cnc2N)cn1.O=C(O)C(F)(F)F.O=C(O)C(F)(F)F. The Morgan fingerprint density at radius 3 is 1.68 bits per heavy atom. The van der Waals surface area contributed by atoms with E-state index in [0.717, 1.165) is 17.8 Å². The van der Waals surface area contributed by atoms with Gasteiger partial charge in [0.05, 0.1) is 11.9 Å². The lowest BCUT2D eigenvalue weighted by atomic mass is 9.89. The molecule has 1 amide bonds. The molecule has 3 aromatic rings. The van der Waals surface area contributed by atoms with Crippen molar-refractivity contribution in [2.45, 2.75) is 38.0 Å². The van der Waals surface area contributed by atoms with Crippen molar-refractivity contribution in [3.63, 3.8) is 0 Å². The third kappa shape index (κ3) is 9.24. The Balaban J connectivity index is 0.000000574. The number of aliphatic carboxylic acids is 2. The van der Waals surface area contributed by atoms with Crippen LogP contribution in [-0.4, -0.2) is 66.6 Å². The molecule has 0 aliphatic heterocycles. The number of rotatable bonds is 4. The number of aliphatic hydroxyl groups is 1. The lowest BCUT2D eigenvalue weighted by molar-refractivity contribution is -0.255. The van der Waals surface area contributed by atoms with Crippen molar-refractivity contribution in [2.75, 3.05) is 5.73 Å². The number of carboxylic acids is 2. The van der Waals surface area contributed by atoms with E-state index in [9.17, 15) is 49.4 Å². The summed E-state index contributed by atoms with van der Waals surface area (Å²) in [6.07, 6.45) is -12.6. The standard InChI is InChI=1S/C20H18F3N5O2.2C2HF3O2/c1-10-3-6-13(19(30,18(25)29)20(21,22)23)7-14(10)15-9-27-17(24)16(28-15)12-5-4-11(2)26-8-12;2*3-2(4,5)1(6)7/h3-9,30H,1-2H3,(H2,24,27)(H2,25,29);2*(H,6,7). The molecule has 44 heavy (non-hydrogen) atoms. The number of halogens is 9. The minimum Gasteiger partial charge on any atom is -0.475 e. The fourth-order valence-electron chi connectivity index (χ4n) is 2.92. The molecular formula is C24H20F9N5O6. The Labute approximate surface area is 240 Å². The second-order valence-corrected chi connectivity index (χ2v) is 8.39. The van der Waals surface area contributed by atoms with Gasteiger partial charge in [0.25, 0.3) is 11.5 Å². The molecule has 0 fully saturated rings. The zero-order valence-corrected chi connectivity index (χ0v) is 22.0. The number of aryl methyl sites for hydroxylation is 2. The first kappa shape index (κ1) is 37.0. The Bertz CT molecular complexity index is 1490. The van der Waals surface area contributed by atoms with Crippen molar-refractivity contribution in [1.29, 1.82) is 0 Å². The van der Waals surface area contributed by atoms with Gasteiger partial charge in [-0.15, -0.1) is 0 Å². The highest BCUT2D eigenvalue weighted by Gasteiger charge is 2.60. The Morgan fingerprint density at radius 2 is 1.30 bits per heavy atom. The number of carbonyl (C=O) groups is 3. The van der Waals surface area contributed by atoms with Gasteiger partial charge in [-0.05, 0) is 37.6 Å². The minimum absolute atomic E-state index is 0.113. The Morgan fingerprint density at radius 1 is 0.795 bits per heavy atom. The molecule has 7 N–H and O–H groups in total. The summed E-state index contributed by atoms with van der Waals surface area (Å²) >= 11 is 0. The van der Waals surface area contributed by atoms with Crippen LogP contribution in [0.4, 0.5) is 45.3 Å². The van der Waals surface area contributed by atoms with Gasteiger partial charge in [-0.3, -0.25) is 9.78 Å². The maximum absolute atomic E-state index is 13.4. The Kier molecular flexibility index (Phi) is 11.4. The van der Waals surface area contributed by atoms with E-state index in [0.29, 0.717) is 16.8 Å². The second-order valence-electron chi connectivity index (χ2n) is 8.39. The monoisotopic (exact) mass is 645 g/mol. The van der Waals surface area contributed by atoms with Crippen LogP contribution in [0.3, 0.4) is 0 Å². The van der Waals surface area contributed by atoms with E-state index >= 15 is 0 Å². The van der Waals surface area contributed by atoms with Crippen molar-refractivity contribution >= 4 is 23.7 Å². The van der Waals surface area contributed by atoms with Gasteiger partial charge in [-0.25, -0.2) is 19.6 Å². The zero-order chi connectivity index (χ0) is 34.4. The molecular weight excluding hydrogens is 625 g/mol. The molecule has 1 atom stereocenters. The fourth-order valence-corrected chi connectivity index (χ4v) is 2.92. The highest BCUT2D eigenvalue weighted by Crippen LogP contribution is 2.40. The maximum Gasteiger partial charge on any atom is 0.490 e. The van der Waals surface area contributed by atoms with Crippen LogP contribution in [0.25, 0.3) is 22.5 Å². The van der Waals surface area contributed by atoms with Crippen LogP contribution in [0.5, 0.6) is 0 Å². The molecule has 0 saturated carbocycles. The fraction of sp³-hybridized carbons (Fsp3) is 0.250. The van der Waals surface area contributed by atoms with Gasteiger partial charge >= 0.3 is 30.5 Å². The molecule has 11 nitrogen and oxygen atoms in total. The number of amides is 1. The number of nitrogen functional groups attached to an aromatic ring is 1. The topological polar surface area (TPSA) is 203 Å². The zero-order valence-electron chi connectivity index (χ0n) is 22.0. The molecule has 0 saturated heterocycles. The Hall–Kier alpha value is -5.01. The summed E-state index contributed by atoms with van der Waals surface area (Å²) in [5, 5.41) is 24.3. The van der Waals surface area contributed by atoms with Crippen LogP contribution in [0.2, 0.25) is 0 Å². The second kappa shape index (κ2) is 13.5. The molecule has 0 bridgehead atoms. The molecule has 1 unspecified atom stereocenters. The van der Waals surface area contributed by atoms with E-state index in [1.165, 1.54) is 12.3 Å². The van der Waals surface area contributed by atoms with Crippen molar-refractivity contribution in [2.24, 2.45) is 5.73 Å². The highest BCUT2D eigenvalue weighted by atomic mass is 19.4. The normalized spacial score (nSPS) is 12.9. The number of aromatic nitrogens is 3. The van der Waals surface area contributed by atoms with Gasteiger partial charge in [-0.1, -0.05) is 12.1 Å². The van der Waals surface area contributed by atoms with E-state index in [1.807, 2.05) is 6.92 Å². The largest absolute Gasteiger partial charge is 0.490 e. The summed E-state index contributed by atoms with van der Waals surface area (Å²) in [6, 6.07) is 6.84. The predicted octanol–water partition coefficient (Wildman–Crippen LogP) is 3.91. The number of nitrogens with two attached hydrogens (primary N) is 2. The number of hydrogen-bond acceptors (Lipinski definition) is 8. The number of pyridine rings is 1. The number of benzene rings is 1. The molecule has 20 heteroatoms. The quantitative estimate of drug-likeness (QED) is 0.259. The predicted molar refractivity (Wildman–Crippen MR) is 131 cm³/mol. The van der Waals surface area contributed by atoms with Gasteiger partial charge in [0.2, 0.25) is 0 Å². The van der Waals surface area contributed by atoms with Gasteiger partial charge < -0.3 is 26.8 Å². The molecule has 0 spiro atoms. The van der Waals surface area contributed by atoms with E-state index in [4.69, 9.17) is 31.3 Å².